The summed E-state index contributed by atoms with van der Waals surface area (Å²) in [6.45, 7) is 2.86. The molecule has 1 aliphatic rings. The number of hydrogen-bond acceptors (Lipinski definition) is 3. The Labute approximate surface area is 206 Å². The lowest BCUT2D eigenvalue weighted by Gasteiger charge is -2.26. The van der Waals surface area contributed by atoms with E-state index in [1.807, 2.05) is 45.3 Å². The summed E-state index contributed by atoms with van der Waals surface area (Å²) in [6, 6.07) is 14.2. The number of H-pyrrole nitrogens is 1. The first-order chi connectivity index (χ1) is 15.6. The maximum atomic E-state index is 11.0. The van der Waals surface area contributed by atoms with Gasteiger partial charge in [0.05, 0.1) is 19.8 Å². The molecule has 1 heterocycles. The Bertz CT molecular complexity index is 1290. The third kappa shape index (κ3) is 5.32. The number of halogens is 2. The highest BCUT2D eigenvalue weighted by molar-refractivity contribution is 9.10. The molecule has 1 aromatic heterocycles. The Balaban J connectivity index is 1.64. The van der Waals surface area contributed by atoms with Crippen LogP contribution in [0.3, 0.4) is 0 Å². The number of carboxylic acids is 1. The van der Waals surface area contributed by atoms with E-state index in [-0.39, 0.29) is 6.54 Å². The first kappa shape index (κ1) is 23.5. The van der Waals surface area contributed by atoms with Crippen LogP contribution in [-0.4, -0.2) is 60.0 Å². The number of aromatic amines is 1. The molecule has 0 amide bonds. The third-order valence-electron chi connectivity index (χ3n) is 5.83. The number of aliphatic carboxylic acids is 1. The van der Waals surface area contributed by atoms with Crippen molar-refractivity contribution in [2.45, 2.75) is 13.3 Å². The predicted octanol–water partition coefficient (Wildman–Crippen LogP) is 5.60. The van der Waals surface area contributed by atoms with Crippen molar-refractivity contribution in [1.29, 1.82) is 0 Å². The van der Waals surface area contributed by atoms with Gasteiger partial charge in [-0.3, -0.25) is 0 Å². The molecule has 6 nitrogen and oxygen atoms in total. The quantitative estimate of drug-likeness (QED) is 0.172. The van der Waals surface area contributed by atoms with Crippen LogP contribution in [0.25, 0.3) is 22.0 Å². The summed E-state index contributed by atoms with van der Waals surface area (Å²) in [5.74, 6) is -0.831. The van der Waals surface area contributed by atoms with Crippen molar-refractivity contribution in [3.05, 3.63) is 68.8 Å². The van der Waals surface area contributed by atoms with E-state index < -0.39 is 5.97 Å². The highest BCUT2D eigenvalue weighted by Gasteiger charge is 2.26. The summed E-state index contributed by atoms with van der Waals surface area (Å²) in [5.41, 5.74) is 7.41. The third-order valence-corrected chi connectivity index (χ3v) is 6.56. The van der Waals surface area contributed by atoms with Crippen molar-refractivity contribution in [3.8, 4) is 0 Å². The molecule has 2 N–H and O–H groups in total. The monoisotopic (exact) mass is 530 g/mol. The van der Waals surface area contributed by atoms with Gasteiger partial charge in [-0.15, -0.1) is 0 Å². The van der Waals surface area contributed by atoms with E-state index in [0.29, 0.717) is 22.7 Å². The van der Waals surface area contributed by atoms with Gasteiger partial charge in [-0.05, 0) is 60.0 Å². The van der Waals surface area contributed by atoms with Gasteiger partial charge in [0.25, 0.3) is 0 Å². The molecule has 172 valence electrons. The molecule has 3 aromatic rings. The normalized spacial score (nSPS) is 14.2. The summed E-state index contributed by atoms with van der Waals surface area (Å²) in [7, 11) is 3.73. The molecule has 8 heteroatoms. The minimum atomic E-state index is -0.831. The number of nitrogens with one attached hydrogen (secondary N) is 1. The molecule has 2 aromatic carbocycles. The van der Waals surface area contributed by atoms with E-state index in [1.54, 1.807) is 0 Å². The van der Waals surface area contributed by atoms with Crippen LogP contribution >= 0.6 is 27.5 Å². The SMILES string of the molecule is C/C(=N\OCC[N+](C)(C)CC(=O)O)C1=C(c2cc3cc(Cl)ccc3[nH]2)Cc2cc(Br)ccc21. The van der Waals surface area contributed by atoms with E-state index in [4.69, 9.17) is 21.5 Å². The standard InChI is InChI=1S/C25H25BrClN3O3/c1-15(29-33-9-8-30(2,3)14-24(31)32)25-20-6-4-18(26)10-16(20)12-21(25)23-13-17-11-19(27)5-7-22(17)28-23/h4-7,10-11,13H,8-9,12,14H2,1-3H3,(H-,28,29,31,32)/p+1. The fourth-order valence-corrected chi connectivity index (χ4v) is 4.81. The molecule has 0 aliphatic heterocycles. The van der Waals surface area contributed by atoms with Gasteiger partial charge in [0.1, 0.15) is 6.54 Å². The average molecular weight is 532 g/mol. The van der Waals surface area contributed by atoms with Gasteiger partial charge >= 0.3 is 5.97 Å². The van der Waals surface area contributed by atoms with Crippen LogP contribution in [0.5, 0.6) is 0 Å². The number of fused-ring (bicyclic) bond motifs is 2. The summed E-state index contributed by atoms with van der Waals surface area (Å²) in [6.07, 6.45) is 0.778. The lowest BCUT2D eigenvalue weighted by Crippen LogP contribution is -2.45. The van der Waals surface area contributed by atoms with Crippen LogP contribution in [0.2, 0.25) is 5.02 Å². The second-order valence-electron chi connectivity index (χ2n) is 8.97. The molecule has 1 aliphatic carbocycles. The maximum absolute atomic E-state index is 11.0. The van der Waals surface area contributed by atoms with Gasteiger partial charge in [-0.25, -0.2) is 4.79 Å². The highest BCUT2D eigenvalue weighted by atomic mass is 79.9. The number of nitrogens with zero attached hydrogens (tertiary/aromatic N) is 2. The Morgan fingerprint density at radius 1 is 1.24 bits per heavy atom. The number of carboxylic acid groups (broad SMARTS) is 1. The lowest BCUT2D eigenvalue weighted by molar-refractivity contribution is -0.883. The molecule has 0 atom stereocenters. The smallest absolute Gasteiger partial charge is 0.359 e. The minimum Gasteiger partial charge on any atom is -0.477 e. The summed E-state index contributed by atoms with van der Waals surface area (Å²) in [4.78, 5) is 20.2. The van der Waals surface area contributed by atoms with Crippen molar-refractivity contribution in [2.75, 3.05) is 33.8 Å². The molecule has 0 bridgehead atoms. The van der Waals surface area contributed by atoms with Crippen molar-refractivity contribution in [3.63, 3.8) is 0 Å². The van der Waals surface area contributed by atoms with Crippen LogP contribution < -0.4 is 0 Å². The zero-order valence-electron chi connectivity index (χ0n) is 18.8. The summed E-state index contributed by atoms with van der Waals surface area (Å²) < 4.78 is 1.36. The number of quaternary nitrogens is 1. The van der Waals surface area contributed by atoms with Gasteiger partial charge < -0.3 is 19.4 Å². The fraction of sp³-hybridized carbons (Fsp3) is 0.280. The molecule has 0 unspecified atom stereocenters. The first-order valence-corrected chi connectivity index (χ1v) is 11.8. The van der Waals surface area contributed by atoms with E-state index in [9.17, 15) is 4.79 Å². The zero-order chi connectivity index (χ0) is 23.8. The van der Waals surface area contributed by atoms with Gasteiger partial charge in [0.15, 0.2) is 13.2 Å². The fourth-order valence-electron chi connectivity index (χ4n) is 4.22. The predicted molar refractivity (Wildman–Crippen MR) is 137 cm³/mol. The van der Waals surface area contributed by atoms with Crippen LogP contribution in [0.15, 0.2) is 52.1 Å². The molecule has 0 saturated heterocycles. The Hall–Kier alpha value is -2.61. The minimum absolute atomic E-state index is 0.0357. The van der Waals surface area contributed by atoms with Crippen LogP contribution in [0.4, 0.5) is 0 Å². The van der Waals surface area contributed by atoms with Crippen LogP contribution in [-0.2, 0) is 16.1 Å². The molecule has 0 spiro atoms. The molecule has 0 radical (unpaired) electrons. The topological polar surface area (TPSA) is 74.7 Å². The van der Waals surface area contributed by atoms with E-state index >= 15 is 0 Å². The molecule has 0 fully saturated rings. The number of likely N-dealkylation sites (N-methyl/N-ethyl adjacent to an activating group) is 1. The van der Waals surface area contributed by atoms with Crippen molar-refractivity contribution in [1.82, 2.24) is 4.98 Å². The summed E-state index contributed by atoms with van der Waals surface area (Å²) in [5, 5.41) is 15.2. The van der Waals surface area contributed by atoms with Crippen LogP contribution in [0, 0.1) is 0 Å². The maximum Gasteiger partial charge on any atom is 0.359 e. The molecular formula is C25H26BrClN3O3+. The Morgan fingerprint density at radius 3 is 2.79 bits per heavy atom. The number of oxime groups is 1. The number of benzene rings is 2. The van der Waals surface area contributed by atoms with E-state index in [1.165, 1.54) is 5.56 Å². The molecular weight excluding hydrogens is 506 g/mol. The molecule has 0 saturated carbocycles. The second kappa shape index (κ2) is 9.33. The van der Waals surface area contributed by atoms with Gasteiger partial charge in [0, 0.05) is 38.1 Å². The Morgan fingerprint density at radius 2 is 2.03 bits per heavy atom. The molecule has 4 rings (SSSR count). The Kier molecular flexibility index (Phi) is 6.66. The van der Waals surface area contributed by atoms with Crippen LogP contribution in [0.1, 0.15) is 23.7 Å². The van der Waals surface area contributed by atoms with Gasteiger partial charge in [-0.1, -0.05) is 38.8 Å². The van der Waals surface area contributed by atoms with Crippen molar-refractivity contribution >= 4 is 61.3 Å². The van der Waals surface area contributed by atoms with E-state index in [2.05, 4.69) is 44.3 Å². The van der Waals surface area contributed by atoms with Crippen molar-refractivity contribution in [2.24, 2.45) is 5.16 Å². The van der Waals surface area contributed by atoms with Gasteiger partial charge in [-0.2, -0.15) is 0 Å². The number of carbonyl (C=O) groups is 1. The van der Waals surface area contributed by atoms with Gasteiger partial charge in [0.2, 0.25) is 0 Å². The number of allylic oxidation sites excluding steroid dienone is 2. The highest BCUT2D eigenvalue weighted by Crippen LogP contribution is 2.41. The number of rotatable bonds is 8. The number of hydrogen-bond donors (Lipinski definition) is 2. The summed E-state index contributed by atoms with van der Waals surface area (Å²) >= 11 is 9.77. The number of aromatic nitrogens is 1. The average Bonchev–Trinajstić information content (AvgIpc) is 3.30. The molecule has 33 heavy (non-hydrogen) atoms. The largest absolute Gasteiger partial charge is 0.477 e. The zero-order valence-corrected chi connectivity index (χ0v) is 21.1. The first-order valence-electron chi connectivity index (χ1n) is 10.6. The van der Waals surface area contributed by atoms with Crippen molar-refractivity contribution < 1.29 is 19.2 Å². The van der Waals surface area contributed by atoms with E-state index in [0.717, 1.165) is 49.9 Å². The second-order valence-corrected chi connectivity index (χ2v) is 10.3. The lowest BCUT2D eigenvalue weighted by atomic mass is 10.0.